The van der Waals surface area contributed by atoms with Crippen LogP contribution in [-0.4, -0.2) is 57.0 Å². The molecule has 33 heavy (non-hydrogen) atoms. The van der Waals surface area contributed by atoms with Crippen molar-refractivity contribution in [2.24, 2.45) is 21.5 Å². The van der Waals surface area contributed by atoms with E-state index in [1.807, 2.05) is 4.90 Å². The number of rotatable bonds is 9. The lowest BCUT2D eigenvalue weighted by molar-refractivity contribution is -0.142. The van der Waals surface area contributed by atoms with Gasteiger partial charge in [-0.25, -0.2) is 4.99 Å². The Morgan fingerprint density at radius 1 is 1.00 bits per heavy atom. The summed E-state index contributed by atoms with van der Waals surface area (Å²) in [4.78, 5) is 33.7. The Hall–Kier alpha value is -3.50. The Kier molecular flexibility index (Phi) is 7.96. The van der Waals surface area contributed by atoms with Gasteiger partial charge < -0.3 is 30.4 Å². The first-order valence-electron chi connectivity index (χ1n) is 10.9. The molecule has 3 rings (SSSR count). The molecule has 0 aromatic heterocycles. The molecule has 2 aliphatic rings. The van der Waals surface area contributed by atoms with Gasteiger partial charge in [0, 0.05) is 6.07 Å². The molecule has 1 aromatic carbocycles. The minimum absolute atomic E-state index is 0.0904. The van der Waals surface area contributed by atoms with Crippen LogP contribution in [0.4, 0.5) is 5.69 Å². The maximum atomic E-state index is 11.5. The van der Waals surface area contributed by atoms with Gasteiger partial charge in [0.05, 0.1) is 46.0 Å². The quantitative estimate of drug-likeness (QED) is 0.523. The summed E-state index contributed by atoms with van der Waals surface area (Å²) >= 11 is 0. The van der Waals surface area contributed by atoms with E-state index in [2.05, 4.69) is 14.5 Å². The monoisotopic (exact) mass is 461 g/mol. The summed E-state index contributed by atoms with van der Waals surface area (Å²) in [7, 11) is 2.66. The Balaban J connectivity index is 1.94. The van der Waals surface area contributed by atoms with Crippen molar-refractivity contribution in [3.63, 3.8) is 0 Å². The van der Waals surface area contributed by atoms with Crippen LogP contribution in [0.25, 0.3) is 0 Å². The zero-order chi connectivity index (χ0) is 23.8. The molecule has 11 nitrogen and oxygen atoms in total. The molecule has 0 radical (unpaired) electrons. The van der Waals surface area contributed by atoms with Crippen molar-refractivity contribution >= 4 is 29.5 Å². The van der Waals surface area contributed by atoms with Crippen LogP contribution in [0.3, 0.4) is 0 Å². The molecule has 0 saturated heterocycles. The fraction of sp³-hybridized carbons (Fsp3) is 0.545. The van der Waals surface area contributed by atoms with Gasteiger partial charge >= 0.3 is 11.9 Å². The van der Waals surface area contributed by atoms with E-state index in [-0.39, 0.29) is 49.9 Å². The second kappa shape index (κ2) is 10.9. The first-order chi connectivity index (χ1) is 15.9. The standard InChI is InChI=1S/C22H31N5O6/c1-30-18(28)8-12-32-15-6-7-17(33-13-9-19(29)31-2)16(14-15)27-21(24)25-20(23)26-22(27)10-4-3-5-11-22/h6-7,14H,3-5,8-13H2,1-2H3,(H4,23,24,25,26). The molecule has 4 N–H and O–H groups in total. The van der Waals surface area contributed by atoms with E-state index in [1.165, 1.54) is 14.2 Å². The minimum Gasteiger partial charge on any atom is -0.493 e. The first kappa shape index (κ1) is 24.1. The van der Waals surface area contributed by atoms with E-state index in [1.54, 1.807) is 18.2 Å². The summed E-state index contributed by atoms with van der Waals surface area (Å²) in [5, 5.41) is 0. The van der Waals surface area contributed by atoms with E-state index in [9.17, 15) is 9.59 Å². The number of methoxy groups -OCH3 is 2. The van der Waals surface area contributed by atoms with Gasteiger partial charge in [-0.1, -0.05) is 6.42 Å². The van der Waals surface area contributed by atoms with Crippen molar-refractivity contribution < 1.29 is 28.5 Å². The highest BCUT2D eigenvalue weighted by molar-refractivity contribution is 6.06. The van der Waals surface area contributed by atoms with Gasteiger partial charge in [-0.05, 0) is 37.8 Å². The molecule has 180 valence electrons. The molecule has 0 atom stereocenters. The molecular weight excluding hydrogens is 430 g/mol. The van der Waals surface area contributed by atoms with Crippen molar-refractivity contribution in [2.75, 3.05) is 32.3 Å². The molecule has 0 bridgehead atoms. The first-order valence-corrected chi connectivity index (χ1v) is 10.9. The molecule has 0 amide bonds. The van der Waals surface area contributed by atoms with Crippen LogP contribution in [0, 0.1) is 0 Å². The molecule has 1 aliphatic heterocycles. The molecule has 1 aliphatic carbocycles. The average Bonchev–Trinajstić information content (AvgIpc) is 2.79. The summed E-state index contributed by atoms with van der Waals surface area (Å²) in [5.41, 5.74) is 12.3. The van der Waals surface area contributed by atoms with Gasteiger partial charge in [0.15, 0.2) is 0 Å². The van der Waals surface area contributed by atoms with Crippen LogP contribution < -0.4 is 25.8 Å². The third-order valence-corrected chi connectivity index (χ3v) is 5.62. The molecular formula is C22H31N5O6. The summed E-state index contributed by atoms with van der Waals surface area (Å²) < 4.78 is 21.0. The van der Waals surface area contributed by atoms with Gasteiger partial charge in [0.1, 0.15) is 17.2 Å². The lowest BCUT2D eigenvalue weighted by Gasteiger charge is -2.46. The van der Waals surface area contributed by atoms with E-state index >= 15 is 0 Å². The normalized spacial score (nSPS) is 17.1. The summed E-state index contributed by atoms with van der Waals surface area (Å²) in [5.74, 6) is 0.600. The Morgan fingerprint density at radius 3 is 2.27 bits per heavy atom. The number of nitrogens with zero attached hydrogens (tertiary/aromatic N) is 3. The zero-order valence-corrected chi connectivity index (χ0v) is 19.0. The van der Waals surface area contributed by atoms with Crippen molar-refractivity contribution in [3.8, 4) is 11.5 Å². The van der Waals surface area contributed by atoms with Crippen LogP contribution in [0.15, 0.2) is 28.2 Å². The molecule has 11 heteroatoms. The number of ether oxygens (including phenoxy) is 4. The number of hydrogen-bond acceptors (Lipinski definition) is 11. The van der Waals surface area contributed by atoms with Crippen molar-refractivity contribution in [2.45, 2.75) is 50.6 Å². The number of carbonyl (C=O) groups excluding carboxylic acids is 2. The highest BCUT2D eigenvalue weighted by Crippen LogP contribution is 2.43. The van der Waals surface area contributed by atoms with Gasteiger partial charge in [-0.3, -0.25) is 14.5 Å². The van der Waals surface area contributed by atoms with Gasteiger partial charge in [0.25, 0.3) is 0 Å². The van der Waals surface area contributed by atoms with Crippen molar-refractivity contribution in [1.82, 2.24) is 0 Å². The molecule has 1 spiro atoms. The van der Waals surface area contributed by atoms with Crippen LogP contribution >= 0.6 is 0 Å². The van der Waals surface area contributed by atoms with Gasteiger partial charge in [-0.2, -0.15) is 4.99 Å². The number of hydrogen-bond donors (Lipinski definition) is 2. The smallest absolute Gasteiger partial charge is 0.308 e. The number of anilines is 1. The Morgan fingerprint density at radius 2 is 1.64 bits per heavy atom. The fourth-order valence-corrected chi connectivity index (χ4v) is 4.05. The van der Waals surface area contributed by atoms with E-state index in [0.717, 1.165) is 32.1 Å². The molecule has 0 unspecified atom stereocenters. The van der Waals surface area contributed by atoms with E-state index in [4.69, 9.17) is 25.9 Å². The summed E-state index contributed by atoms with van der Waals surface area (Å²) in [6.07, 6.45) is 4.73. The second-order valence-corrected chi connectivity index (χ2v) is 7.80. The molecule has 1 saturated carbocycles. The topological polar surface area (TPSA) is 151 Å². The third kappa shape index (κ3) is 5.85. The van der Waals surface area contributed by atoms with Crippen LogP contribution in [0.2, 0.25) is 0 Å². The predicted octanol–water partition coefficient (Wildman–Crippen LogP) is 1.68. The van der Waals surface area contributed by atoms with Crippen LogP contribution in [0.1, 0.15) is 44.9 Å². The molecule has 1 heterocycles. The molecule has 1 fully saturated rings. The van der Waals surface area contributed by atoms with Crippen LogP contribution in [0.5, 0.6) is 11.5 Å². The van der Waals surface area contributed by atoms with Crippen LogP contribution in [-0.2, 0) is 19.1 Å². The largest absolute Gasteiger partial charge is 0.493 e. The van der Waals surface area contributed by atoms with Crippen molar-refractivity contribution in [1.29, 1.82) is 0 Å². The number of nitrogens with two attached hydrogens (primary N) is 2. The second-order valence-electron chi connectivity index (χ2n) is 7.80. The lowest BCUT2D eigenvalue weighted by atomic mass is 9.87. The van der Waals surface area contributed by atoms with E-state index < -0.39 is 5.66 Å². The van der Waals surface area contributed by atoms with Gasteiger partial charge in [0.2, 0.25) is 11.9 Å². The number of guanidine groups is 2. The summed E-state index contributed by atoms with van der Waals surface area (Å²) in [6, 6.07) is 5.21. The van der Waals surface area contributed by atoms with E-state index in [0.29, 0.717) is 17.2 Å². The SMILES string of the molecule is COC(=O)CCOc1ccc(OCCC(=O)OC)c(N2C(N)=NC(N)=NC23CCCCC3)c1. The lowest BCUT2D eigenvalue weighted by Crippen LogP contribution is -2.58. The highest BCUT2D eigenvalue weighted by atomic mass is 16.5. The summed E-state index contributed by atoms with van der Waals surface area (Å²) in [6.45, 7) is 0.264. The fourth-order valence-electron chi connectivity index (χ4n) is 4.05. The average molecular weight is 462 g/mol. The third-order valence-electron chi connectivity index (χ3n) is 5.62. The maximum Gasteiger partial charge on any atom is 0.308 e. The number of esters is 2. The Labute approximate surface area is 192 Å². The Bertz CT molecular complexity index is 926. The number of aliphatic imine (C=N–C) groups is 2. The number of carbonyl (C=O) groups is 2. The zero-order valence-electron chi connectivity index (χ0n) is 19.0. The maximum absolute atomic E-state index is 11.5. The predicted molar refractivity (Wildman–Crippen MR) is 122 cm³/mol. The van der Waals surface area contributed by atoms with Gasteiger partial charge in [-0.15, -0.1) is 0 Å². The minimum atomic E-state index is -0.681. The van der Waals surface area contributed by atoms with Crippen molar-refractivity contribution in [3.05, 3.63) is 18.2 Å². The molecule has 1 aromatic rings. The number of benzene rings is 1. The highest BCUT2D eigenvalue weighted by Gasteiger charge is 2.43.